The van der Waals surface area contributed by atoms with Crippen molar-refractivity contribution >= 4 is 5.97 Å². The molecule has 0 saturated carbocycles. The summed E-state index contributed by atoms with van der Waals surface area (Å²) in [5, 5.41) is 2.97. The monoisotopic (exact) mass is 285 g/mol. The highest BCUT2D eigenvalue weighted by Gasteiger charge is 2.35. The van der Waals surface area contributed by atoms with Crippen molar-refractivity contribution in [1.82, 2.24) is 5.32 Å². The molecule has 0 radical (unpaired) electrons. The van der Waals surface area contributed by atoms with E-state index in [0.717, 1.165) is 6.07 Å². The molecule has 0 saturated heterocycles. The molecule has 1 atom stereocenters. The van der Waals surface area contributed by atoms with Gasteiger partial charge in [0.05, 0.1) is 18.7 Å². The highest BCUT2D eigenvalue weighted by molar-refractivity contribution is 5.88. The number of carbonyl (C=O) groups excluding carboxylic acids is 1. The molecular formula is C14H14F3NO2. The maximum atomic E-state index is 13.0. The number of ether oxygens (including phenoxy) is 1. The number of hydrogen-bond donors (Lipinski definition) is 1. The van der Waals surface area contributed by atoms with E-state index in [0.29, 0.717) is 18.5 Å². The summed E-state index contributed by atoms with van der Waals surface area (Å²) in [6.45, 7) is 0.428. The Hall–Kier alpha value is -1.82. The van der Waals surface area contributed by atoms with Crippen molar-refractivity contribution in [1.29, 1.82) is 0 Å². The van der Waals surface area contributed by atoms with Gasteiger partial charge in [0.15, 0.2) is 0 Å². The van der Waals surface area contributed by atoms with E-state index >= 15 is 0 Å². The molecule has 3 nitrogen and oxygen atoms in total. The van der Waals surface area contributed by atoms with Gasteiger partial charge in [-0.15, -0.1) is 0 Å². The van der Waals surface area contributed by atoms with Gasteiger partial charge < -0.3 is 10.1 Å². The number of alkyl halides is 3. The molecule has 108 valence electrons. The average molecular weight is 285 g/mol. The molecule has 6 heteroatoms. The number of carbonyl (C=O) groups is 1. The molecule has 1 unspecified atom stereocenters. The van der Waals surface area contributed by atoms with E-state index in [1.54, 1.807) is 6.07 Å². The second-order valence-electron chi connectivity index (χ2n) is 4.45. The Labute approximate surface area is 114 Å². The van der Waals surface area contributed by atoms with Gasteiger partial charge in [-0.05, 0) is 18.1 Å². The van der Waals surface area contributed by atoms with Gasteiger partial charge in [0, 0.05) is 12.1 Å². The summed E-state index contributed by atoms with van der Waals surface area (Å²) in [5.74, 6) is -0.499. The number of esters is 1. The van der Waals surface area contributed by atoms with Crippen LogP contribution in [0.3, 0.4) is 0 Å². The Morgan fingerprint density at radius 2 is 2.05 bits per heavy atom. The molecule has 0 aromatic heterocycles. The third kappa shape index (κ3) is 3.01. The lowest BCUT2D eigenvalue weighted by Crippen LogP contribution is -2.29. The standard InChI is InChI=1S/C14H14F3NO2/c1-20-13(19)9-6-7-18-12(8-9)10-4-2-3-5-11(10)14(15,16)17/h2-5,8,12,18H,6-7H2,1H3. The molecule has 20 heavy (non-hydrogen) atoms. The van der Waals surface area contributed by atoms with Crippen molar-refractivity contribution in [2.24, 2.45) is 0 Å². The Kier molecular flexibility index (Phi) is 4.13. The molecule has 1 aromatic carbocycles. The third-order valence-electron chi connectivity index (χ3n) is 3.18. The van der Waals surface area contributed by atoms with Crippen molar-refractivity contribution in [2.75, 3.05) is 13.7 Å². The van der Waals surface area contributed by atoms with Gasteiger partial charge in [0.2, 0.25) is 0 Å². The highest BCUT2D eigenvalue weighted by atomic mass is 19.4. The second kappa shape index (κ2) is 5.66. The fourth-order valence-electron chi connectivity index (χ4n) is 2.23. The van der Waals surface area contributed by atoms with E-state index in [1.165, 1.54) is 25.3 Å². The molecule has 1 N–H and O–H groups in total. The van der Waals surface area contributed by atoms with Crippen LogP contribution in [-0.2, 0) is 15.7 Å². The van der Waals surface area contributed by atoms with Crippen molar-refractivity contribution in [3.63, 3.8) is 0 Å². The molecule has 1 aliphatic rings. The minimum atomic E-state index is -4.42. The SMILES string of the molecule is COC(=O)C1=CC(c2ccccc2C(F)(F)F)NCC1. The van der Waals surface area contributed by atoms with E-state index < -0.39 is 23.8 Å². The van der Waals surface area contributed by atoms with E-state index in [4.69, 9.17) is 0 Å². The summed E-state index contributed by atoms with van der Waals surface area (Å²) < 4.78 is 43.6. The number of rotatable bonds is 2. The lowest BCUT2D eigenvalue weighted by molar-refractivity contribution is -0.138. The van der Waals surface area contributed by atoms with Gasteiger partial charge in [-0.25, -0.2) is 4.79 Å². The first-order chi connectivity index (χ1) is 9.43. The zero-order valence-corrected chi connectivity index (χ0v) is 10.8. The molecular weight excluding hydrogens is 271 g/mol. The summed E-state index contributed by atoms with van der Waals surface area (Å²) in [6.07, 6.45) is -2.48. The molecule has 2 rings (SSSR count). The minimum absolute atomic E-state index is 0.112. The normalized spacial score (nSPS) is 19.4. The first kappa shape index (κ1) is 14.6. The van der Waals surface area contributed by atoms with E-state index in [9.17, 15) is 18.0 Å². The van der Waals surface area contributed by atoms with Crippen molar-refractivity contribution in [3.8, 4) is 0 Å². The summed E-state index contributed by atoms with van der Waals surface area (Å²) in [6, 6.07) is 4.71. The number of benzene rings is 1. The molecule has 1 aliphatic heterocycles. The third-order valence-corrected chi connectivity index (χ3v) is 3.18. The average Bonchev–Trinajstić information content (AvgIpc) is 2.45. The fourth-order valence-corrected chi connectivity index (χ4v) is 2.23. The minimum Gasteiger partial charge on any atom is -0.466 e. The van der Waals surface area contributed by atoms with Crippen LogP contribution in [0.1, 0.15) is 23.6 Å². The second-order valence-corrected chi connectivity index (χ2v) is 4.45. The smallest absolute Gasteiger partial charge is 0.416 e. The highest BCUT2D eigenvalue weighted by Crippen LogP contribution is 2.35. The van der Waals surface area contributed by atoms with Crippen molar-refractivity contribution in [2.45, 2.75) is 18.6 Å². The van der Waals surface area contributed by atoms with E-state index in [-0.39, 0.29) is 5.56 Å². The first-order valence-electron chi connectivity index (χ1n) is 6.12. The van der Waals surface area contributed by atoms with Crippen LogP contribution in [0, 0.1) is 0 Å². The number of nitrogens with one attached hydrogen (secondary N) is 1. The largest absolute Gasteiger partial charge is 0.466 e. The fraction of sp³-hybridized carbons (Fsp3) is 0.357. The Morgan fingerprint density at radius 1 is 1.35 bits per heavy atom. The van der Waals surface area contributed by atoms with Crippen LogP contribution in [0.5, 0.6) is 0 Å². The van der Waals surface area contributed by atoms with Crippen LogP contribution in [0.4, 0.5) is 13.2 Å². The Morgan fingerprint density at radius 3 is 2.70 bits per heavy atom. The van der Waals surface area contributed by atoms with Gasteiger partial charge in [-0.3, -0.25) is 0 Å². The molecule has 1 heterocycles. The number of methoxy groups -OCH3 is 1. The predicted molar refractivity (Wildman–Crippen MR) is 66.9 cm³/mol. The van der Waals surface area contributed by atoms with Crippen LogP contribution < -0.4 is 5.32 Å². The Bertz CT molecular complexity index is 537. The van der Waals surface area contributed by atoms with E-state index in [1.807, 2.05) is 0 Å². The van der Waals surface area contributed by atoms with Gasteiger partial charge in [0.1, 0.15) is 0 Å². The summed E-state index contributed by atoms with van der Waals surface area (Å²) in [5.41, 5.74) is -0.186. The molecule has 0 amide bonds. The van der Waals surface area contributed by atoms with Gasteiger partial charge in [-0.2, -0.15) is 13.2 Å². The van der Waals surface area contributed by atoms with Crippen LogP contribution in [-0.4, -0.2) is 19.6 Å². The molecule has 0 spiro atoms. The Balaban J connectivity index is 2.39. The summed E-state index contributed by atoms with van der Waals surface area (Å²) >= 11 is 0. The predicted octanol–water partition coefficient (Wildman–Crippen LogP) is 2.84. The number of hydrogen-bond acceptors (Lipinski definition) is 3. The van der Waals surface area contributed by atoms with Crippen LogP contribution in [0.15, 0.2) is 35.9 Å². The van der Waals surface area contributed by atoms with Gasteiger partial charge in [0.25, 0.3) is 0 Å². The van der Waals surface area contributed by atoms with Crippen molar-refractivity contribution in [3.05, 3.63) is 47.0 Å². The molecule has 0 aliphatic carbocycles. The topological polar surface area (TPSA) is 38.3 Å². The maximum Gasteiger partial charge on any atom is 0.416 e. The van der Waals surface area contributed by atoms with E-state index in [2.05, 4.69) is 10.1 Å². The first-order valence-corrected chi connectivity index (χ1v) is 6.12. The maximum absolute atomic E-state index is 13.0. The summed E-state index contributed by atoms with van der Waals surface area (Å²) in [4.78, 5) is 11.5. The quantitative estimate of drug-likeness (QED) is 0.849. The molecule has 0 bridgehead atoms. The molecule has 0 fully saturated rings. The summed E-state index contributed by atoms with van der Waals surface area (Å²) in [7, 11) is 1.25. The molecule has 1 aromatic rings. The zero-order valence-electron chi connectivity index (χ0n) is 10.8. The lowest BCUT2D eigenvalue weighted by atomic mass is 9.94. The van der Waals surface area contributed by atoms with Crippen LogP contribution >= 0.6 is 0 Å². The van der Waals surface area contributed by atoms with Gasteiger partial charge >= 0.3 is 12.1 Å². The lowest BCUT2D eigenvalue weighted by Gasteiger charge is -2.24. The number of halogens is 3. The van der Waals surface area contributed by atoms with Crippen molar-refractivity contribution < 1.29 is 22.7 Å². The van der Waals surface area contributed by atoms with Crippen LogP contribution in [0.2, 0.25) is 0 Å². The van der Waals surface area contributed by atoms with Gasteiger partial charge in [-0.1, -0.05) is 24.3 Å². The van der Waals surface area contributed by atoms with Crippen LogP contribution in [0.25, 0.3) is 0 Å². The zero-order chi connectivity index (χ0) is 14.8.